The third-order valence-electron chi connectivity index (χ3n) is 0.819. The van der Waals surface area contributed by atoms with Gasteiger partial charge in [0, 0.05) is 22.2 Å². The smallest absolute Gasteiger partial charge is 0.212 e. The van der Waals surface area contributed by atoms with Crippen molar-refractivity contribution >= 4 is 42.9 Å². The van der Waals surface area contributed by atoms with Gasteiger partial charge in [0.1, 0.15) is 15.8 Å². The summed E-state index contributed by atoms with van der Waals surface area (Å²) in [5.74, 6) is -0.371. The van der Waals surface area contributed by atoms with Crippen LogP contribution >= 0.6 is 33.8 Å². The Bertz CT molecular complexity index is 346. The molecule has 0 amide bonds. The zero-order valence-corrected chi connectivity index (χ0v) is 8.14. The van der Waals surface area contributed by atoms with Crippen molar-refractivity contribution in [1.29, 1.82) is 0 Å². The number of aromatic nitrogens is 2. The molecular formula is C3H2Cl2N2O2S2. The molecule has 0 atom stereocenters. The van der Waals surface area contributed by atoms with Crippen LogP contribution < -0.4 is 0 Å². The Morgan fingerprint density at radius 2 is 2.18 bits per heavy atom. The van der Waals surface area contributed by atoms with E-state index in [1.165, 1.54) is 0 Å². The van der Waals surface area contributed by atoms with Crippen LogP contribution in [0.15, 0.2) is 0 Å². The highest BCUT2D eigenvalue weighted by Crippen LogP contribution is 2.20. The molecule has 0 N–H and O–H groups in total. The van der Waals surface area contributed by atoms with Crippen molar-refractivity contribution < 1.29 is 8.42 Å². The summed E-state index contributed by atoms with van der Waals surface area (Å²) in [4.78, 5) is 0. The fraction of sp³-hybridized carbons (Fsp3) is 0.333. The highest BCUT2D eigenvalue weighted by molar-refractivity contribution is 8.13. The second-order valence-electron chi connectivity index (χ2n) is 1.68. The average molecular weight is 233 g/mol. The molecule has 0 fully saturated rings. The lowest BCUT2D eigenvalue weighted by Gasteiger charge is -1.88. The molecule has 11 heavy (non-hydrogen) atoms. The van der Waals surface area contributed by atoms with Gasteiger partial charge in [-0.2, -0.15) is 0 Å². The predicted octanol–water partition coefficient (Wildman–Crippen LogP) is 1.26. The van der Waals surface area contributed by atoms with Crippen LogP contribution in [0.2, 0.25) is 4.34 Å². The molecule has 62 valence electrons. The molecule has 1 aromatic rings. The van der Waals surface area contributed by atoms with Gasteiger partial charge >= 0.3 is 0 Å². The number of nitrogens with zero attached hydrogens (tertiary/aromatic N) is 2. The Balaban J connectivity index is 2.89. The molecule has 0 aromatic carbocycles. The van der Waals surface area contributed by atoms with Crippen molar-refractivity contribution in [2.24, 2.45) is 0 Å². The molecule has 1 aromatic heterocycles. The van der Waals surface area contributed by atoms with E-state index in [-0.39, 0.29) is 15.8 Å². The number of rotatable bonds is 2. The Kier molecular flexibility index (Phi) is 2.69. The van der Waals surface area contributed by atoms with Crippen LogP contribution in [0, 0.1) is 0 Å². The molecule has 8 heteroatoms. The molecule has 0 aliphatic carbocycles. The lowest BCUT2D eigenvalue weighted by atomic mass is 10.6. The molecule has 0 bridgehead atoms. The van der Waals surface area contributed by atoms with Gasteiger partial charge in [-0.1, -0.05) is 16.1 Å². The molecule has 0 spiro atoms. The van der Waals surface area contributed by atoms with Crippen molar-refractivity contribution in [1.82, 2.24) is 9.59 Å². The van der Waals surface area contributed by atoms with Gasteiger partial charge in [-0.05, 0) is 0 Å². The Hall–Kier alpha value is 0.0900. The molecule has 1 heterocycles. The molecule has 0 aliphatic heterocycles. The first kappa shape index (κ1) is 9.18. The van der Waals surface area contributed by atoms with Crippen molar-refractivity contribution in [3.63, 3.8) is 0 Å². The zero-order valence-electron chi connectivity index (χ0n) is 4.99. The second-order valence-corrected chi connectivity index (χ2v) is 5.81. The van der Waals surface area contributed by atoms with Crippen LogP contribution in [-0.4, -0.2) is 18.0 Å². The maximum Gasteiger partial charge on any atom is 0.238 e. The highest BCUT2D eigenvalue weighted by atomic mass is 35.7. The fourth-order valence-electron chi connectivity index (χ4n) is 0.446. The van der Waals surface area contributed by atoms with Gasteiger partial charge in [-0.15, -0.1) is 5.10 Å². The number of hydrogen-bond acceptors (Lipinski definition) is 5. The summed E-state index contributed by atoms with van der Waals surface area (Å²) < 4.78 is 24.7. The first-order valence-corrected chi connectivity index (χ1v) is 6.01. The summed E-state index contributed by atoms with van der Waals surface area (Å²) in [6, 6.07) is 0. The van der Waals surface area contributed by atoms with Crippen LogP contribution in [-0.2, 0) is 14.8 Å². The van der Waals surface area contributed by atoms with Crippen molar-refractivity contribution in [2.45, 2.75) is 5.75 Å². The largest absolute Gasteiger partial charge is 0.238 e. The van der Waals surface area contributed by atoms with E-state index in [1.54, 1.807) is 0 Å². The van der Waals surface area contributed by atoms with Crippen molar-refractivity contribution in [2.75, 3.05) is 0 Å². The van der Waals surface area contributed by atoms with Crippen LogP contribution in [0.25, 0.3) is 0 Å². The summed E-state index contributed by atoms with van der Waals surface area (Å²) in [6.45, 7) is 0. The lowest BCUT2D eigenvalue weighted by Crippen LogP contribution is -1.95. The van der Waals surface area contributed by atoms with Crippen LogP contribution in [0.4, 0.5) is 0 Å². The van der Waals surface area contributed by atoms with E-state index in [1.807, 2.05) is 0 Å². The Labute approximate surface area is 76.7 Å². The molecule has 0 radical (unpaired) electrons. The third-order valence-corrected chi connectivity index (χ3v) is 2.75. The Morgan fingerprint density at radius 1 is 1.55 bits per heavy atom. The topological polar surface area (TPSA) is 59.9 Å². The van der Waals surface area contributed by atoms with Crippen molar-refractivity contribution in [3.05, 3.63) is 10.0 Å². The van der Waals surface area contributed by atoms with E-state index < -0.39 is 9.05 Å². The van der Waals surface area contributed by atoms with Gasteiger partial charge in [0.05, 0.1) is 0 Å². The second kappa shape index (κ2) is 3.22. The van der Waals surface area contributed by atoms with Crippen molar-refractivity contribution in [3.8, 4) is 0 Å². The maximum atomic E-state index is 10.5. The summed E-state index contributed by atoms with van der Waals surface area (Å²) in [5.41, 5.74) is 0.201. The van der Waals surface area contributed by atoms with Gasteiger partial charge in [-0.3, -0.25) is 0 Å². The minimum absolute atomic E-state index is 0.201. The first-order chi connectivity index (χ1) is 4.99. The summed E-state index contributed by atoms with van der Waals surface area (Å²) >= 11 is 6.44. The summed E-state index contributed by atoms with van der Waals surface area (Å²) in [5, 5.41) is 3.47. The fourth-order valence-corrected chi connectivity index (χ4v) is 2.08. The minimum atomic E-state index is -3.58. The van der Waals surface area contributed by atoms with Gasteiger partial charge in [0.25, 0.3) is 0 Å². The normalized spacial score (nSPS) is 11.8. The minimum Gasteiger partial charge on any atom is -0.212 e. The zero-order chi connectivity index (χ0) is 8.48. The first-order valence-electron chi connectivity index (χ1n) is 2.38. The monoisotopic (exact) mass is 232 g/mol. The van der Waals surface area contributed by atoms with Gasteiger partial charge in [0.2, 0.25) is 9.05 Å². The molecule has 0 unspecified atom stereocenters. The quantitative estimate of drug-likeness (QED) is 0.721. The van der Waals surface area contributed by atoms with Gasteiger partial charge < -0.3 is 0 Å². The van der Waals surface area contributed by atoms with Gasteiger partial charge in [0.15, 0.2) is 0 Å². The van der Waals surface area contributed by atoms with E-state index in [4.69, 9.17) is 22.3 Å². The van der Waals surface area contributed by atoms with Gasteiger partial charge in [-0.25, -0.2) is 8.42 Å². The molecule has 0 saturated carbocycles. The average Bonchev–Trinajstić information content (AvgIpc) is 2.12. The van der Waals surface area contributed by atoms with Crippen LogP contribution in [0.5, 0.6) is 0 Å². The molecule has 1 rings (SSSR count). The van der Waals surface area contributed by atoms with Crippen LogP contribution in [0.3, 0.4) is 0 Å². The highest BCUT2D eigenvalue weighted by Gasteiger charge is 2.13. The molecule has 4 nitrogen and oxygen atoms in total. The maximum absolute atomic E-state index is 10.5. The summed E-state index contributed by atoms with van der Waals surface area (Å²) in [7, 11) is 1.37. The standard InChI is InChI=1S/C3H2Cl2N2O2S2/c4-3-2(6-7-10-3)1-11(5,8)9/h1H2. The molecular weight excluding hydrogens is 231 g/mol. The molecule has 0 saturated heterocycles. The predicted molar refractivity (Wildman–Crippen MR) is 43.4 cm³/mol. The van der Waals surface area contributed by atoms with E-state index in [9.17, 15) is 8.42 Å². The van der Waals surface area contributed by atoms with E-state index >= 15 is 0 Å². The van der Waals surface area contributed by atoms with E-state index in [2.05, 4.69) is 9.59 Å². The lowest BCUT2D eigenvalue weighted by molar-refractivity contribution is 0.608. The third kappa shape index (κ3) is 2.90. The van der Waals surface area contributed by atoms with E-state index in [0.717, 1.165) is 11.5 Å². The number of halogens is 2. The number of hydrogen-bond donors (Lipinski definition) is 0. The Morgan fingerprint density at radius 3 is 2.55 bits per heavy atom. The molecule has 0 aliphatic rings. The van der Waals surface area contributed by atoms with Crippen LogP contribution in [0.1, 0.15) is 5.69 Å². The SMILES string of the molecule is O=S(=O)(Cl)Cc1nnsc1Cl. The summed E-state index contributed by atoms with van der Waals surface area (Å²) in [6.07, 6.45) is 0. The van der Waals surface area contributed by atoms with E-state index in [0.29, 0.717) is 0 Å².